The fourth-order valence-electron chi connectivity index (χ4n) is 1.58. The molecule has 1 heterocycles. The van der Waals surface area contributed by atoms with Gasteiger partial charge in [-0.2, -0.15) is 0 Å². The van der Waals surface area contributed by atoms with Gasteiger partial charge in [-0.25, -0.2) is 4.98 Å². The van der Waals surface area contributed by atoms with Gasteiger partial charge in [0.15, 0.2) is 0 Å². The third-order valence-corrected chi connectivity index (χ3v) is 2.46. The fourth-order valence-corrected chi connectivity index (χ4v) is 1.58. The maximum absolute atomic E-state index is 11.8. The molecule has 0 aliphatic heterocycles. The molecule has 0 unspecified atom stereocenters. The van der Waals surface area contributed by atoms with Crippen LogP contribution < -0.4 is 5.56 Å². The van der Waals surface area contributed by atoms with E-state index in [0.29, 0.717) is 11.6 Å². The Balaban J connectivity index is 2.50. The normalized spacial score (nSPS) is 15.5. The fraction of sp³-hybridized carbons (Fsp3) is 0.500. The van der Waals surface area contributed by atoms with Gasteiger partial charge < -0.3 is 4.79 Å². The molecule has 0 bridgehead atoms. The molecule has 0 radical (unpaired) electrons. The topological polar surface area (TPSA) is 52.0 Å². The predicted molar refractivity (Wildman–Crippen MR) is 51.3 cm³/mol. The maximum Gasteiger partial charge on any atom is 0.257 e. The highest BCUT2D eigenvalue weighted by Crippen LogP contribution is 2.33. The molecule has 74 valence electrons. The van der Waals surface area contributed by atoms with E-state index in [1.807, 2.05) is 6.92 Å². The summed E-state index contributed by atoms with van der Waals surface area (Å²) in [5.41, 5.74) is 0.449. The largest absolute Gasteiger partial charge is 0.303 e. The third-order valence-electron chi connectivity index (χ3n) is 2.46. The Bertz CT molecular complexity index is 419. The average molecular weight is 192 g/mol. The van der Waals surface area contributed by atoms with E-state index in [9.17, 15) is 9.59 Å². The Morgan fingerprint density at radius 2 is 2.36 bits per heavy atom. The zero-order valence-corrected chi connectivity index (χ0v) is 8.06. The summed E-state index contributed by atoms with van der Waals surface area (Å²) < 4.78 is 1.71. The highest BCUT2D eigenvalue weighted by atomic mass is 16.1. The molecule has 14 heavy (non-hydrogen) atoms. The van der Waals surface area contributed by atoms with Gasteiger partial charge in [0.2, 0.25) is 0 Å². The van der Waals surface area contributed by atoms with Crippen LogP contribution in [-0.2, 0) is 11.2 Å². The van der Waals surface area contributed by atoms with Crippen molar-refractivity contribution in [3.63, 3.8) is 0 Å². The molecule has 0 aromatic carbocycles. The standard InChI is InChI=1S/C10H12N2O2/c1-7-11-6-8(4-5-13)10(14)12(7)9-2-3-9/h5-6,9H,2-4H2,1H3. The van der Waals surface area contributed by atoms with Crippen molar-refractivity contribution in [2.75, 3.05) is 0 Å². The first-order chi connectivity index (χ1) is 6.74. The number of nitrogens with zero attached hydrogens (tertiary/aromatic N) is 2. The number of hydrogen-bond donors (Lipinski definition) is 0. The van der Waals surface area contributed by atoms with Crippen LogP contribution in [0.5, 0.6) is 0 Å². The number of aldehydes is 1. The summed E-state index contributed by atoms with van der Waals surface area (Å²) >= 11 is 0. The Labute approximate surface area is 81.6 Å². The summed E-state index contributed by atoms with van der Waals surface area (Å²) in [6.07, 6.45) is 4.51. The molecule has 1 aromatic rings. The van der Waals surface area contributed by atoms with Crippen molar-refractivity contribution >= 4 is 6.29 Å². The van der Waals surface area contributed by atoms with Crippen LogP contribution in [0.1, 0.15) is 30.3 Å². The quantitative estimate of drug-likeness (QED) is 0.660. The van der Waals surface area contributed by atoms with Crippen LogP contribution in [0.15, 0.2) is 11.0 Å². The molecule has 1 aromatic heterocycles. The van der Waals surface area contributed by atoms with Crippen molar-refractivity contribution in [2.24, 2.45) is 0 Å². The van der Waals surface area contributed by atoms with Gasteiger partial charge in [0.1, 0.15) is 12.1 Å². The van der Waals surface area contributed by atoms with Gasteiger partial charge in [-0.15, -0.1) is 0 Å². The van der Waals surface area contributed by atoms with E-state index in [0.717, 1.165) is 25.0 Å². The first-order valence-electron chi connectivity index (χ1n) is 4.74. The van der Waals surface area contributed by atoms with Gasteiger partial charge >= 0.3 is 0 Å². The molecule has 0 N–H and O–H groups in total. The lowest BCUT2D eigenvalue weighted by molar-refractivity contribution is -0.107. The molecular formula is C10H12N2O2. The minimum Gasteiger partial charge on any atom is -0.303 e. The van der Waals surface area contributed by atoms with Crippen LogP contribution in [-0.4, -0.2) is 15.8 Å². The van der Waals surface area contributed by atoms with Crippen molar-refractivity contribution in [3.05, 3.63) is 27.9 Å². The van der Waals surface area contributed by atoms with Crippen LogP contribution in [0.3, 0.4) is 0 Å². The number of aromatic nitrogens is 2. The van der Waals surface area contributed by atoms with E-state index in [2.05, 4.69) is 4.98 Å². The molecule has 0 atom stereocenters. The second-order valence-corrected chi connectivity index (χ2v) is 3.61. The maximum atomic E-state index is 11.8. The van der Waals surface area contributed by atoms with Crippen molar-refractivity contribution in [1.82, 2.24) is 9.55 Å². The van der Waals surface area contributed by atoms with E-state index in [-0.39, 0.29) is 12.0 Å². The lowest BCUT2D eigenvalue weighted by atomic mass is 10.2. The number of hydrogen-bond acceptors (Lipinski definition) is 3. The zero-order chi connectivity index (χ0) is 10.1. The molecule has 0 amide bonds. The van der Waals surface area contributed by atoms with Gasteiger partial charge in [0, 0.05) is 24.2 Å². The van der Waals surface area contributed by atoms with E-state index >= 15 is 0 Å². The average Bonchev–Trinajstić information content (AvgIpc) is 2.94. The molecule has 0 spiro atoms. The zero-order valence-electron chi connectivity index (χ0n) is 8.06. The molecule has 4 nitrogen and oxygen atoms in total. The molecule has 1 saturated carbocycles. The molecule has 0 saturated heterocycles. The third kappa shape index (κ3) is 1.47. The number of rotatable bonds is 3. The van der Waals surface area contributed by atoms with Crippen LogP contribution in [0.25, 0.3) is 0 Å². The summed E-state index contributed by atoms with van der Waals surface area (Å²) in [6, 6.07) is 0.321. The van der Waals surface area contributed by atoms with Crippen LogP contribution in [0.4, 0.5) is 0 Å². The van der Waals surface area contributed by atoms with Crippen LogP contribution in [0.2, 0.25) is 0 Å². The van der Waals surface area contributed by atoms with Crippen LogP contribution >= 0.6 is 0 Å². The van der Waals surface area contributed by atoms with Gasteiger partial charge in [-0.05, 0) is 19.8 Å². The van der Waals surface area contributed by atoms with E-state index < -0.39 is 0 Å². The first kappa shape index (κ1) is 9.12. The molecule has 1 aliphatic carbocycles. The molecule has 1 aliphatic rings. The predicted octanol–water partition coefficient (Wildman–Crippen LogP) is 0.628. The Morgan fingerprint density at radius 1 is 1.64 bits per heavy atom. The van der Waals surface area contributed by atoms with Gasteiger partial charge in [-0.3, -0.25) is 9.36 Å². The van der Waals surface area contributed by atoms with Crippen molar-refractivity contribution in [3.8, 4) is 0 Å². The number of carbonyl (C=O) groups excluding carboxylic acids is 1. The lowest BCUT2D eigenvalue weighted by Crippen LogP contribution is -2.26. The molecule has 4 heteroatoms. The first-order valence-corrected chi connectivity index (χ1v) is 4.74. The smallest absolute Gasteiger partial charge is 0.257 e. The molecular weight excluding hydrogens is 180 g/mol. The molecule has 2 rings (SSSR count). The monoisotopic (exact) mass is 192 g/mol. The Morgan fingerprint density at radius 3 is 2.93 bits per heavy atom. The summed E-state index contributed by atoms with van der Waals surface area (Å²) in [7, 11) is 0. The molecule has 1 fully saturated rings. The minimum atomic E-state index is -0.0490. The van der Waals surface area contributed by atoms with Gasteiger partial charge in [0.05, 0.1) is 0 Å². The van der Waals surface area contributed by atoms with Gasteiger partial charge in [-0.1, -0.05) is 0 Å². The lowest BCUT2D eigenvalue weighted by Gasteiger charge is -2.08. The summed E-state index contributed by atoms with van der Waals surface area (Å²) in [5.74, 6) is 0.743. The highest BCUT2D eigenvalue weighted by molar-refractivity contribution is 5.54. The number of carbonyl (C=O) groups is 1. The van der Waals surface area contributed by atoms with E-state index in [1.165, 1.54) is 6.20 Å². The SMILES string of the molecule is Cc1ncc(CC=O)c(=O)n1C1CC1. The Hall–Kier alpha value is -1.45. The Kier molecular flexibility index (Phi) is 2.19. The van der Waals surface area contributed by atoms with Crippen molar-refractivity contribution in [2.45, 2.75) is 32.2 Å². The highest BCUT2D eigenvalue weighted by Gasteiger charge is 2.26. The number of aryl methyl sites for hydroxylation is 1. The summed E-state index contributed by atoms with van der Waals surface area (Å²) in [5, 5.41) is 0. The van der Waals surface area contributed by atoms with Crippen molar-refractivity contribution < 1.29 is 4.79 Å². The second-order valence-electron chi connectivity index (χ2n) is 3.61. The van der Waals surface area contributed by atoms with E-state index in [4.69, 9.17) is 0 Å². The second kappa shape index (κ2) is 3.36. The van der Waals surface area contributed by atoms with Crippen LogP contribution in [0, 0.1) is 6.92 Å². The summed E-state index contributed by atoms with van der Waals surface area (Å²) in [6.45, 7) is 1.82. The van der Waals surface area contributed by atoms with Gasteiger partial charge in [0.25, 0.3) is 5.56 Å². The summed E-state index contributed by atoms with van der Waals surface area (Å²) in [4.78, 5) is 26.3. The van der Waals surface area contributed by atoms with Crippen molar-refractivity contribution in [1.29, 1.82) is 0 Å². The minimum absolute atomic E-state index is 0.0490. The van der Waals surface area contributed by atoms with E-state index in [1.54, 1.807) is 4.57 Å².